The Morgan fingerprint density at radius 3 is 3.00 bits per heavy atom. The molecule has 2 rings (SSSR count). The number of piperidine rings is 1. The van der Waals surface area contributed by atoms with Crippen molar-refractivity contribution < 1.29 is 5.21 Å². The highest BCUT2D eigenvalue weighted by Crippen LogP contribution is 2.28. The van der Waals surface area contributed by atoms with E-state index in [1.165, 1.54) is 5.06 Å². The van der Waals surface area contributed by atoms with E-state index in [1.54, 1.807) is 0 Å². The van der Waals surface area contributed by atoms with Gasteiger partial charge in [-0.15, -0.1) is 0 Å². The predicted molar refractivity (Wildman–Crippen MR) is 41.0 cm³/mol. The number of nitrogens with zero attached hydrogens (tertiary/aromatic N) is 1. The third-order valence-electron chi connectivity index (χ3n) is 2.85. The number of nitrogens with one attached hydrogen (secondary N) is 1. The summed E-state index contributed by atoms with van der Waals surface area (Å²) in [5, 5.41) is 14.1. The van der Waals surface area contributed by atoms with Gasteiger partial charge in [0.25, 0.3) is 0 Å². The molecular weight excluding hydrogens is 142 g/mol. The zero-order valence-corrected chi connectivity index (χ0v) is 6.53. The summed E-state index contributed by atoms with van der Waals surface area (Å²) in [6, 6.07) is 0.311. The molecule has 4 N–H and O–H groups in total. The molecule has 4 nitrogen and oxygen atoms in total. The van der Waals surface area contributed by atoms with E-state index in [0.717, 1.165) is 25.9 Å². The third kappa shape index (κ3) is 1.16. The number of fused-ring (bicyclic) bond motifs is 1. The molecule has 0 aromatic carbocycles. The van der Waals surface area contributed by atoms with E-state index in [9.17, 15) is 5.21 Å². The molecule has 0 amide bonds. The minimum absolute atomic E-state index is 0.0888. The van der Waals surface area contributed by atoms with Crippen LogP contribution in [0.2, 0.25) is 0 Å². The number of nitrogens with two attached hydrogens (primary N) is 1. The van der Waals surface area contributed by atoms with Crippen LogP contribution in [0.15, 0.2) is 0 Å². The van der Waals surface area contributed by atoms with Crippen molar-refractivity contribution in [3.05, 3.63) is 0 Å². The molecule has 0 saturated carbocycles. The van der Waals surface area contributed by atoms with Gasteiger partial charge < -0.3 is 16.3 Å². The second-order valence-corrected chi connectivity index (χ2v) is 3.45. The van der Waals surface area contributed by atoms with Crippen LogP contribution >= 0.6 is 0 Å². The predicted octanol–water partition coefficient (Wildman–Crippen LogP) is -0.656. The molecule has 2 heterocycles. The monoisotopic (exact) mass is 157 g/mol. The maximum Gasteiger partial charge on any atom is 0.0591 e. The molecule has 2 saturated heterocycles. The van der Waals surface area contributed by atoms with Crippen molar-refractivity contribution in [1.29, 1.82) is 0 Å². The molecule has 0 aromatic heterocycles. The van der Waals surface area contributed by atoms with E-state index in [-0.39, 0.29) is 6.17 Å². The molecule has 64 valence electrons. The zero-order chi connectivity index (χ0) is 7.84. The first-order valence-electron chi connectivity index (χ1n) is 4.23. The Hall–Kier alpha value is -0.160. The van der Waals surface area contributed by atoms with E-state index in [1.807, 2.05) is 0 Å². The Morgan fingerprint density at radius 2 is 2.27 bits per heavy atom. The number of hydrogen-bond donors (Lipinski definition) is 3. The molecule has 0 aromatic rings. The van der Waals surface area contributed by atoms with E-state index in [4.69, 9.17) is 5.73 Å². The lowest BCUT2D eigenvalue weighted by Crippen LogP contribution is -2.54. The van der Waals surface area contributed by atoms with Gasteiger partial charge in [-0.1, -0.05) is 0 Å². The maximum absolute atomic E-state index is 9.39. The van der Waals surface area contributed by atoms with Crippen LogP contribution in [0.5, 0.6) is 0 Å². The van der Waals surface area contributed by atoms with Crippen LogP contribution in [-0.4, -0.2) is 35.6 Å². The average Bonchev–Trinajstić information content (AvgIpc) is 2.35. The molecule has 3 unspecified atom stereocenters. The zero-order valence-electron chi connectivity index (χ0n) is 6.53. The largest absolute Gasteiger partial charge is 0.316 e. The lowest BCUT2D eigenvalue weighted by Gasteiger charge is -2.33. The summed E-state index contributed by atoms with van der Waals surface area (Å²) in [5.74, 6) is 0.453. The van der Waals surface area contributed by atoms with Gasteiger partial charge in [0.1, 0.15) is 0 Å². The normalized spacial score (nSPS) is 45.8. The summed E-state index contributed by atoms with van der Waals surface area (Å²) in [4.78, 5) is 0. The highest BCUT2D eigenvalue weighted by Gasteiger charge is 2.39. The first kappa shape index (κ1) is 7.49. The Bertz CT molecular complexity index is 151. The molecule has 2 fully saturated rings. The summed E-state index contributed by atoms with van der Waals surface area (Å²) in [7, 11) is 0. The fourth-order valence-electron chi connectivity index (χ4n) is 2.19. The van der Waals surface area contributed by atoms with Gasteiger partial charge in [0, 0.05) is 18.5 Å². The van der Waals surface area contributed by atoms with Gasteiger partial charge in [-0.05, 0) is 19.4 Å². The van der Waals surface area contributed by atoms with Crippen molar-refractivity contribution in [1.82, 2.24) is 10.4 Å². The van der Waals surface area contributed by atoms with Gasteiger partial charge in [0.05, 0.1) is 6.17 Å². The van der Waals surface area contributed by atoms with Gasteiger partial charge in [-0.25, -0.2) is 0 Å². The highest BCUT2D eigenvalue weighted by molar-refractivity contribution is 4.92. The fourth-order valence-corrected chi connectivity index (χ4v) is 2.19. The Balaban J connectivity index is 2.07. The summed E-state index contributed by atoms with van der Waals surface area (Å²) < 4.78 is 0. The van der Waals surface area contributed by atoms with Crippen molar-refractivity contribution in [3.63, 3.8) is 0 Å². The first-order valence-corrected chi connectivity index (χ1v) is 4.23. The Morgan fingerprint density at radius 1 is 1.45 bits per heavy atom. The highest BCUT2D eigenvalue weighted by atomic mass is 16.5. The molecule has 0 bridgehead atoms. The van der Waals surface area contributed by atoms with Crippen molar-refractivity contribution >= 4 is 0 Å². The summed E-state index contributed by atoms with van der Waals surface area (Å²) in [5.41, 5.74) is 5.83. The van der Waals surface area contributed by atoms with Gasteiger partial charge >= 0.3 is 0 Å². The van der Waals surface area contributed by atoms with Gasteiger partial charge in [0.2, 0.25) is 0 Å². The van der Waals surface area contributed by atoms with Crippen LogP contribution in [0.25, 0.3) is 0 Å². The second-order valence-electron chi connectivity index (χ2n) is 3.45. The second kappa shape index (κ2) is 2.71. The summed E-state index contributed by atoms with van der Waals surface area (Å²) in [6.07, 6.45) is 2.13. The Kier molecular flexibility index (Phi) is 1.85. The minimum atomic E-state index is 0.0888. The number of rotatable bonds is 0. The SMILES string of the molecule is NC1NCCC2C1CCN2O. The summed E-state index contributed by atoms with van der Waals surface area (Å²) in [6.45, 7) is 1.71. The first-order chi connectivity index (χ1) is 5.29. The summed E-state index contributed by atoms with van der Waals surface area (Å²) >= 11 is 0. The topological polar surface area (TPSA) is 61.5 Å². The van der Waals surface area contributed by atoms with Gasteiger partial charge in [0.15, 0.2) is 0 Å². The molecule has 0 radical (unpaired) electrons. The third-order valence-corrected chi connectivity index (χ3v) is 2.85. The van der Waals surface area contributed by atoms with Crippen molar-refractivity contribution in [2.75, 3.05) is 13.1 Å². The van der Waals surface area contributed by atoms with Crippen LogP contribution in [-0.2, 0) is 0 Å². The van der Waals surface area contributed by atoms with Crippen molar-refractivity contribution in [2.24, 2.45) is 11.7 Å². The molecule has 4 heteroatoms. The number of hydroxylamine groups is 2. The molecule has 11 heavy (non-hydrogen) atoms. The van der Waals surface area contributed by atoms with Crippen LogP contribution in [0.1, 0.15) is 12.8 Å². The molecule has 2 aliphatic rings. The van der Waals surface area contributed by atoms with Crippen molar-refractivity contribution in [3.8, 4) is 0 Å². The lowest BCUT2D eigenvalue weighted by molar-refractivity contribution is -0.115. The quantitative estimate of drug-likeness (QED) is 0.437. The maximum atomic E-state index is 9.39. The van der Waals surface area contributed by atoms with Crippen LogP contribution < -0.4 is 11.1 Å². The Labute approximate surface area is 66.3 Å². The standard InChI is InChI=1S/C7H15N3O/c8-7-5-2-4-10(11)6(5)1-3-9-7/h5-7,9,11H,1-4,8H2. The molecule has 3 atom stereocenters. The smallest absolute Gasteiger partial charge is 0.0591 e. The number of hydrogen-bond acceptors (Lipinski definition) is 4. The fraction of sp³-hybridized carbons (Fsp3) is 1.00. The van der Waals surface area contributed by atoms with Crippen molar-refractivity contribution in [2.45, 2.75) is 25.0 Å². The average molecular weight is 157 g/mol. The molecule has 0 spiro atoms. The van der Waals surface area contributed by atoms with Gasteiger partial charge in [-0.3, -0.25) is 0 Å². The molecule has 2 aliphatic heterocycles. The van der Waals surface area contributed by atoms with Crippen LogP contribution in [0.3, 0.4) is 0 Å². The van der Waals surface area contributed by atoms with Gasteiger partial charge in [-0.2, -0.15) is 5.06 Å². The van der Waals surface area contributed by atoms with E-state index >= 15 is 0 Å². The van der Waals surface area contributed by atoms with Crippen LogP contribution in [0.4, 0.5) is 0 Å². The molecular formula is C7H15N3O. The minimum Gasteiger partial charge on any atom is -0.316 e. The molecule has 0 aliphatic carbocycles. The van der Waals surface area contributed by atoms with E-state index in [0.29, 0.717) is 12.0 Å². The lowest BCUT2D eigenvalue weighted by atomic mass is 9.92. The van der Waals surface area contributed by atoms with E-state index in [2.05, 4.69) is 5.32 Å². The van der Waals surface area contributed by atoms with Crippen LogP contribution in [0, 0.1) is 5.92 Å². The van der Waals surface area contributed by atoms with E-state index < -0.39 is 0 Å².